The van der Waals surface area contributed by atoms with Crippen LogP contribution in [0.15, 0.2) is 146 Å². The van der Waals surface area contributed by atoms with Crippen molar-refractivity contribution in [3.63, 3.8) is 0 Å². The molecule has 0 aliphatic carbocycles. The van der Waals surface area contributed by atoms with Crippen LogP contribution < -0.4 is 9.80 Å². The van der Waals surface area contributed by atoms with Crippen LogP contribution in [0, 0.1) is 0 Å². The van der Waals surface area contributed by atoms with Gasteiger partial charge in [-0.2, -0.15) is 0 Å². The van der Waals surface area contributed by atoms with Crippen LogP contribution in [0.1, 0.15) is 36.1 Å². The monoisotopic (exact) mass is 632 g/mol. The zero-order chi connectivity index (χ0) is 33.3. The molecule has 0 heterocycles. The van der Waals surface area contributed by atoms with Gasteiger partial charge < -0.3 is 19.3 Å². The number of hydrogen-bond donors (Lipinski definition) is 0. The lowest BCUT2D eigenvalue weighted by molar-refractivity contribution is 0.185. The van der Waals surface area contributed by atoms with Gasteiger partial charge in [0.05, 0.1) is 13.2 Å². The fourth-order valence-electron chi connectivity index (χ4n) is 6.08. The molecule has 0 unspecified atom stereocenters. The second-order valence-corrected chi connectivity index (χ2v) is 12.0. The van der Waals surface area contributed by atoms with Crippen molar-refractivity contribution in [2.45, 2.75) is 39.9 Å². The summed E-state index contributed by atoms with van der Waals surface area (Å²) in [6.07, 6.45) is 2.05. The van der Waals surface area contributed by atoms with Crippen LogP contribution in [0.5, 0.6) is 0 Å². The van der Waals surface area contributed by atoms with E-state index in [9.17, 15) is 0 Å². The first-order chi connectivity index (χ1) is 23.6. The highest BCUT2D eigenvalue weighted by Crippen LogP contribution is 2.38. The summed E-state index contributed by atoms with van der Waals surface area (Å²) in [5.41, 5.74) is 14.0. The predicted molar refractivity (Wildman–Crippen MR) is 201 cm³/mol. The third-order valence-corrected chi connectivity index (χ3v) is 8.80. The molecule has 0 atom stereocenters. The summed E-state index contributed by atoms with van der Waals surface area (Å²) in [6, 6.07) is 52.6. The van der Waals surface area contributed by atoms with Crippen LogP contribution in [0.4, 0.5) is 34.1 Å². The van der Waals surface area contributed by atoms with Crippen LogP contribution in [-0.4, -0.2) is 14.2 Å². The number of rotatable bonds is 13. The minimum absolute atomic E-state index is 0.591. The van der Waals surface area contributed by atoms with Crippen molar-refractivity contribution in [1.82, 2.24) is 0 Å². The van der Waals surface area contributed by atoms with Crippen LogP contribution in [0.25, 0.3) is 11.1 Å². The zero-order valence-corrected chi connectivity index (χ0v) is 28.4. The summed E-state index contributed by atoms with van der Waals surface area (Å²) < 4.78 is 10.7. The van der Waals surface area contributed by atoms with Crippen LogP contribution in [0.2, 0.25) is 0 Å². The molecule has 0 N–H and O–H groups in total. The molecule has 6 aromatic carbocycles. The highest BCUT2D eigenvalue weighted by molar-refractivity contribution is 5.81. The van der Waals surface area contributed by atoms with Crippen LogP contribution in [-0.2, 0) is 35.5 Å². The molecule has 0 amide bonds. The maximum Gasteiger partial charge on any atom is 0.0713 e. The van der Waals surface area contributed by atoms with Crippen molar-refractivity contribution in [1.29, 1.82) is 0 Å². The molecule has 4 nitrogen and oxygen atoms in total. The lowest BCUT2D eigenvalue weighted by Crippen LogP contribution is -2.10. The minimum atomic E-state index is 0.591. The Balaban J connectivity index is 1.30. The number of aryl methyl sites for hydroxylation is 2. The van der Waals surface area contributed by atoms with Gasteiger partial charge in [-0.25, -0.2) is 0 Å². The molecule has 0 spiro atoms. The number of hydrogen-bond acceptors (Lipinski definition) is 4. The molecule has 242 valence electrons. The second kappa shape index (κ2) is 15.6. The fraction of sp³-hybridized carbons (Fsp3) is 0.182. The average Bonchev–Trinajstić information content (AvgIpc) is 3.15. The Bertz CT molecular complexity index is 1770. The fourth-order valence-corrected chi connectivity index (χ4v) is 6.08. The quantitative estimate of drug-likeness (QED) is 0.126. The number of methoxy groups -OCH3 is 2. The van der Waals surface area contributed by atoms with E-state index < -0.39 is 0 Å². The van der Waals surface area contributed by atoms with Gasteiger partial charge in [0.1, 0.15) is 0 Å². The first-order valence-corrected chi connectivity index (χ1v) is 16.7. The Labute approximate surface area is 285 Å². The molecule has 0 fully saturated rings. The Hall–Kier alpha value is -5.16. The standard InChI is InChI=1S/C44H44N2O2/c1-5-33-7-19-39(20-8-33)45(40-21-9-34(6-2)10-22-40)43-27-15-37(16-28-43)38-17-29-44(30-18-38)46(41-23-11-35(12-24-41)31-47-3)42-25-13-36(14-26-42)32-48-4/h7-30H,5-6,31-32H2,1-4H3. The normalized spacial score (nSPS) is 11.0. The molecule has 0 saturated heterocycles. The van der Waals surface area contributed by atoms with E-state index >= 15 is 0 Å². The summed E-state index contributed by atoms with van der Waals surface area (Å²) in [6.45, 7) is 5.57. The lowest BCUT2D eigenvalue weighted by atomic mass is 10.0. The van der Waals surface area contributed by atoms with E-state index in [1.165, 1.54) is 22.3 Å². The number of anilines is 6. The summed E-state index contributed by atoms with van der Waals surface area (Å²) in [4.78, 5) is 4.62. The zero-order valence-electron chi connectivity index (χ0n) is 28.4. The lowest BCUT2D eigenvalue weighted by Gasteiger charge is -2.26. The Kier molecular flexibility index (Phi) is 10.7. The maximum absolute atomic E-state index is 5.34. The molecule has 0 bridgehead atoms. The molecule has 0 saturated carbocycles. The van der Waals surface area contributed by atoms with Gasteiger partial charge in [-0.1, -0.05) is 86.6 Å². The SMILES string of the molecule is CCc1ccc(N(c2ccc(CC)cc2)c2ccc(-c3ccc(N(c4ccc(COC)cc4)c4ccc(COC)cc4)cc3)cc2)cc1. The highest BCUT2D eigenvalue weighted by Gasteiger charge is 2.15. The molecule has 48 heavy (non-hydrogen) atoms. The third kappa shape index (κ3) is 7.52. The molecule has 4 heteroatoms. The van der Waals surface area contributed by atoms with Gasteiger partial charge >= 0.3 is 0 Å². The first kappa shape index (κ1) is 32.8. The Morgan fingerprint density at radius 1 is 0.333 bits per heavy atom. The van der Waals surface area contributed by atoms with E-state index in [-0.39, 0.29) is 0 Å². The van der Waals surface area contributed by atoms with Crippen molar-refractivity contribution in [3.05, 3.63) is 168 Å². The molecule has 0 aliphatic heterocycles. The van der Waals surface area contributed by atoms with Crippen molar-refractivity contribution in [2.24, 2.45) is 0 Å². The van der Waals surface area contributed by atoms with Crippen molar-refractivity contribution >= 4 is 34.1 Å². The van der Waals surface area contributed by atoms with E-state index in [2.05, 4.69) is 169 Å². The topological polar surface area (TPSA) is 24.9 Å². The number of nitrogens with zero attached hydrogens (tertiary/aromatic N) is 2. The van der Waals surface area contributed by atoms with Crippen molar-refractivity contribution < 1.29 is 9.47 Å². The first-order valence-electron chi connectivity index (χ1n) is 16.7. The molecule has 6 aromatic rings. The number of benzene rings is 6. The van der Waals surface area contributed by atoms with Gasteiger partial charge in [0.15, 0.2) is 0 Å². The molecule has 0 aromatic heterocycles. The molecule has 0 radical (unpaired) electrons. The average molecular weight is 633 g/mol. The minimum Gasteiger partial charge on any atom is -0.380 e. The van der Waals surface area contributed by atoms with E-state index in [0.29, 0.717) is 13.2 Å². The van der Waals surface area contributed by atoms with E-state index in [0.717, 1.165) is 58.1 Å². The smallest absolute Gasteiger partial charge is 0.0713 e. The van der Waals surface area contributed by atoms with Gasteiger partial charge in [-0.3, -0.25) is 0 Å². The van der Waals surface area contributed by atoms with Gasteiger partial charge in [-0.15, -0.1) is 0 Å². The predicted octanol–water partition coefficient (Wildman–Crippen LogP) is 11.7. The van der Waals surface area contributed by atoms with Gasteiger partial charge in [0, 0.05) is 48.3 Å². The van der Waals surface area contributed by atoms with E-state index in [1.807, 2.05) is 0 Å². The van der Waals surface area contributed by atoms with Crippen LogP contribution >= 0.6 is 0 Å². The van der Waals surface area contributed by atoms with E-state index in [4.69, 9.17) is 9.47 Å². The summed E-state index contributed by atoms with van der Waals surface area (Å²) in [5.74, 6) is 0. The third-order valence-electron chi connectivity index (χ3n) is 8.80. The molecular formula is C44H44N2O2. The second-order valence-electron chi connectivity index (χ2n) is 12.0. The van der Waals surface area contributed by atoms with Crippen molar-refractivity contribution in [3.8, 4) is 11.1 Å². The molecule has 6 rings (SSSR count). The summed E-state index contributed by atoms with van der Waals surface area (Å²) in [7, 11) is 3.45. The molecule has 0 aliphatic rings. The number of ether oxygens (including phenoxy) is 2. The Morgan fingerprint density at radius 3 is 0.792 bits per heavy atom. The largest absolute Gasteiger partial charge is 0.380 e. The maximum atomic E-state index is 5.34. The van der Waals surface area contributed by atoms with Gasteiger partial charge in [0.2, 0.25) is 0 Å². The Morgan fingerprint density at radius 2 is 0.562 bits per heavy atom. The summed E-state index contributed by atoms with van der Waals surface area (Å²) in [5, 5.41) is 0. The van der Waals surface area contributed by atoms with Gasteiger partial charge in [-0.05, 0) is 119 Å². The van der Waals surface area contributed by atoms with Crippen molar-refractivity contribution in [2.75, 3.05) is 24.0 Å². The van der Waals surface area contributed by atoms with Gasteiger partial charge in [0.25, 0.3) is 0 Å². The van der Waals surface area contributed by atoms with Crippen LogP contribution in [0.3, 0.4) is 0 Å². The molecular weight excluding hydrogens is 588 g/mol. The summed E-state index contributed by atoms with van der Waals surface area (Å²) >= 11 is 0. The van der Waals surface area contributed by atoms with E-state index in [1.54, 1.807) is 14.2 Å². The highest BCUT2D eigenvalue weighted by atomic mass is 16.5.